The lowest BCUT2D eigenvalue weighted by molar-refractivity contribution is -0.157. The second-order valence-corrected chi connectivity index (χ2v) is 10.0. The molecule has 0 radical (unpaired) electrons. The van der Waals surface area contributed by atoms with Gasteiger partial charge in [-0.25, -0.2) is 4.79 Å². The first-order valence-electron chi connectivity index (χ1n) is 12.9. The summed E-state index contributed by atoms with van der Waals surface area (Å²) in [6.07, 6.45) is 2.36. The molecule has 1 aromatic rings. The summed E-state index contributed by atoms with van der Waals surface area (Å²) in [5.74, 6) is -2.35. The van der Waals surface area contributed by atoms with Crippen molar-refractivity contribution in [2.45, 2.75) is 90.4 Å². The van der Waals surface area contributed by atoms with Gasteiger partial charge in [0.1, 0.15) is 24.2 Å². The van der Waals surface area contributed by atoms with Gasteiger partial charge in [-0.15, -0.1) is 0 Å². The molecule has 9 nitrogen and oxygen atoms in total. The van der Waals surface area contributed by atoms with E-state index < -0.39 is 54.5 Å². The maximum atomic E-state index is 13.1. The van der Waals surface area contributed by atoms with Crippen LogP contribution in [0.4, 0.5) is 0 Å². The number of carbonyl (C=O) groups is 4. The summed E-state index contributed by atoms with van der Waals surface area (Å²) >= 11 is 0. The van der Waals surface area contributed by atoms with Gasteiger partial charge in [-0.05, 0) is 30.2 Å². The van der Waals surface area contributed by atoms with Crippen LogP contribution in [0.25, 0.3) is 0 Å². The molecule has 2 rings (SSSR count). The normalized spacial score (nSPS) is 24.9. The molecule has 1 heterocycles. The smallest absolute Gasteiger partial charge is 0.328 e. The van der Waals surface area contributed by atoms with Gasteiger partial charge in [-0.1, -0.05) is 70.9 Å². The second-order valence-electron chi connectivity index (χ2n) is 10.0. The molecule has 9 heteroatoms. The molecule has 4 N–H and O–H groups in total. The second kappa shape index (κ2) is 14.6. The van der Waals surface area contributed by atoms with Crippen LogP contribution < -0.4 is 16.0 Å². The lowest BCUT2D eigenvalue weighted by Gasteiger charge is -2.27. The average molecular weight is 504 g/mol. The van der Waals surface area contributed by atoms with Gasteiger partial charge in [-0.2, -0.15) is 0 Å². The summed E-state index contributed by atoms with van der Waals surface area (Å²) in [6, 6.07) is 5.97. The summed E-state index contributed by atoms with van der Waals surface area (Å²) in [5, 5.41) is 17.7. The third kappa shape index (κ3) is 9.26. The number of unbranched alkanes of at least 4 members (excludes halogenated alkanes) is 1. The van der Waals surface area contributed by atoms with Gasteiger partial charge in [0.15, 0.2) is 0 Å². The number of hydrogen-bond acceptors (Lipinski definition) is 6. The fraction of sp³-hybridized carbons (Fsp3) is 0.630. The van der Waals surface area contributed by atoms with E-state index in [0.717, 1.165) is 24.8 Å². The van der Waals surface area contributed by atoms with Crippen molar-refractivity contribution < 1.29 is 29.0 Å². The molecular weight excluding hydrogens is 462 g/mol. The number of aliphatic hydroxyl groups is 1. The third-order valence-corrected chi connectivity index (χ3v) is 6.36. The molecule has 0 unspecified atom stereocenters. The molecule has 1 aliphatic rings. The van der Waals surface area contributed by atoms with Crippen molar-refractivity contribution in [1.82, 2.24) is 16.0 Å². The summed E-state index contributed by atoms with van der Waals surface area (Å²) in [6.45, 7) is 7.16. The fourth-order valence-corrected chi connectivity index (χ4v) is 4.22. The van der Waals surface area contributed by atoms with Crippen LogP contribution >= 0.6 is 0 Å². The zero-order chi connectivity index (χ0) is 26.7. The lowest BCUT2D eigenvalue weighted by Crippen LogP contribution is -2.57. The van der Waals surface area contributed by atoms with Gasteiger partial charge in [0.2, 0.25) is 17.7 Å². The first-order valence-corrected chi connectivity index (χ1v) is 12.9. The van der Waals surface area contributed by atoms with Crippen molar-refractivity contribution in [3.8, 4) is 0 Å². The number of amides is 3. The third-order valence-electron chi connectivity index (χ3n) is 6.36. The Kier molecular flexibility index (Phi) is 11.9. The molecule has 3 amide bonds. The molecule has 0 aromatic heterocycles. The highest BCUT2D eigenvalue weighted by atomic mass is 16.5. The molecule has 1 saturated heterocycles. The summed E-state index contributed by atoms with van der Waals surface area (Å²) in [5.41, 5.74) is 0.823. The van der Waals surface area contributed by atoms with Gasteiger partial charge in [0, 0.05) is 6.42 Å². The topological polar surface area (TPSA) is 134 Å². The quantitative estimate of drug-likeness (QED) is 0.380. The zero-order valence-corrected chi connectivity index (χ0v) is 21.8. The first kappa shape index (κ1) is 29.3. The Morgan fingerprint density at radius 3 is 2.19 bits per heavy atom. The van der Waals surface area contributed by atoms with Crippen LogP contribution in [-0.2, 0) is 30.3 Å². The number of ether oxygens (including phenoxy) is 1. The van der Waals surface area contributed by atoms with E-state index in [1.165, 1.54) is 0 Å². The predicted molar refractivity (Wildman–Crippen MR) is 136 cm³/mol. The van der Waals surface area contributed by atoms with Gasteiger partial charge >= 0.3 is 5.97 Å². The first-order chi connectivity index (χ1) is 17.1. The minimum atomic E-state index is -1.28. The summed E-state index contributed by atoms with van der Waals surface area (Å²) in [4.78, 5) is 52.3. The van der Waals surface area contributed by atoms with Crippen molar-refractivity contribution in [2.24, 2.45) is 11.8 Å². The van der Waals surface area contributed by atoms with E-state index in [4.69, 9.17) is 4.74 Å². The maximum Gasteiger partial charge on any atom is 0.328 e. The standard InChI is InChI=1S/C27H41N3O6/c1-5-6-10-18(4)23-15-24(32)28-20(14-19-11-8-7-9-12-19)25(33)30-22(16-31)26(34)29-21(13-17(2)3)27(35)36-23/h7-9,11-12,17-18,20-23,31H,5-6,10,13-16H2,1-4H3,(H,28,32)(H,29,34)(H,30,33)/t18-,20-,21+,22-,23-/m0/s1. The number of esters is 1. The van der Waals surface area contributed by atoms with Crippen molar-refractivity contribution >= 4 is 23.7 Å². The van der Waals surface area contributed by atoms with Crippen LogP contribution in [-0.4, -0.2) is 59.6 Å². The highest BCUT2D eigenvalue weighted by molar-refractivity contribution is 5.94. The van der Waals surface area contributed by atoms with Crippen LogP contribution in [0.3, 0.4) is 0 Å². The van der Waals surface area contributed by atoms with E-state index in [1.54, 1.807) is 0 Å². The number of rotatable bonds is 9. The van der Waals surface area contributed by atoms with Crippen molar-refractivity contribution in [3.63, 3.8) is 0 Å². The lowest BCUT2D eigenvalue weighted by atomic mass is 9.95. The largest absolute Gasteiger partial charge is 0.460 e. The van der Waals surface area contributed by atoms with Gasteiger partial charge < -0.3 is 25.8 Å². The molecule has 0 saturated carbocycles. The minimum absolute atomic E-state index is 0.0650. The van der Waals surface area contributed by atoms with Crippen LogP contribution in [0.1, 0.15) is 65.4 Å². The van der Waals surface area contributed by atoms with Crippen LogP contribution in [0.2, 0.25) is 0 Å². The number of cyclic esters (lactones) is 1. The molecule has 200 valence electrons. The van der Waals surface area contributed by atoms with Crippen molar-refractivity contribution in [3.05, 3.63) is 35.9 Å². The van der Waals surface area contributed by atoms with E-state index >= 15 is 0 Å². The Hall–Kier alpha value is -2.94. The average Bonchev–Trinajstić information content (AvgIpc) is 2.84. The fourth-order valence-electron chi connectivity index (χ4n) is 4.22. The van der Waals surface area contributed by atoms with Crippen molar-refractivity contribution in [2.75, 3.05) is 6.61 Å². The summed E-state index contributed by atoms with van der Waals surface area (Å²) < 4.78 is 5.82. The molecule has 1 fully saturated rings. The van der Waals surface area contributed by atoms with Gasteiger partial charge in [-0.3, -0.25) is 14.4 Å². The summed E-state index contributed by atoms with van der Waals surface area (Å²) in [7, 11) is 0. The van der Waals surface area contributed by atoms with Crippen LogP contribution in [0.5, 0.6) is 0 Å². The van der Waals surface area contributed by atoms with E-state index in [1.807, 2.05) is 51.1 Å². The van der Waals surface area contributed by atoms with Crippen LogP contribution in [0.15, 0.2) is 30.3 Å². The number of carbonyl (C=O) groups excluding carboxylic acids is 4. The number of benzene rings is 1. The number of aliphatic hydroxyl groups excluding tert-OH is 1. The Balaban J connectivity index is 2.39. The molecule has 5 atom stereocenters. The minimum Gasteiger partial charge on any atom is -0.460 e. The Morgan fingerprint density at radius 1 is 0.944 bits per heavy atom. The van der Waals surface area contributed by atoms with E-state index in [9.17, 15) is 24.3 Å². The van der Waals surface area contributed by atoms with E-state index in [-0.39, 0.29) is 24.7 Å². The Morgan fingerprint density at radius 2 is 1.58 bits per heavy atom. The molecule has 1 aromatic carbocycles. The predicted octanol–water partition coefficient (Wildman–Crippen LogP) is 1.86. The number of hydrogen-bond donors (Lipinski definition) is 4. The highest BCUT2D eigenvalue weighted by Crippen LogP contribution is 2.20. The molecule has 0 spiro atoms. The molecular formula is C27H41N3O6. The molecule has 0 aliphatic carbocycles. The molecule has 36 heavy (non-hydrogen) atoms. The molecule has 0 bridgehead atoms. The van der Waals surface area contributed by atoms with E-state index in [2.05, 4.69) is 22.9 Å². The Labute approximate surface area is 213 Å². The van der Waals surface area contributed by atoms with E-state index in [0.29, 0.717) is 6.42 Å². The maximum absolute atomic E-state index is 13.1. The van der Waals surface area contributed by atoms with Gasteiger partial charge in [0.25, 0.3) is 0 Å². The molecule has 1 aliphatic heterocycles. The highest BCUT2D eigenvalue weighted by Gasteiger charge is 2.34. The van der Waals surface area contributed by atoms with Crippen LogP contribution in [0, 0.1) is 11.8 Å². The monoisotopic (exact) mass is 503 g/mol. The van der Waals surface area contributed by atoms with Gasteiger partial charge in [0.05, 0.1) is 13.0 Å². The number of nitrogens with one attached hydrogen (secondary N) is 3. The SMILES string of the molecule is CCCC[C@H](C)[C@@H]1CC(=O)N[C@@H](Cc2ccccc2)C(=O)N[C@@H](CO)C(=O)N[C@H](CC(C)C)C(=O)O1. The zero-order valence-electron chi connectivity index (χ0n) is 21.8. The Bertz CT molecular complexity index is 876. The van der Waals surface area contributed by atoms with Crippen molar-refractivity contribution in [1.29, 1.82) is 0 Å².